The summed E-state index contributed by atoms with van der Waals surface area (Å²) in [5, 5.41) is 7.14. The summed E-state index contributed by atoms with van der Waals surface area (Å²) >= 11 is 0. The highest BCUT2D eigenvalue weighted by molar-refractivity contribution is 5.95. The van der Waals surface area contributed by atoms with Gasteiger partial charge in [0.25, 0.3) is 5.91 Å². The zero-order chi connectivity index (χ0) is 20.9. The molecule has 7 nitrogen and oxygen atoms in total. The average Bonchev–Trinajstić information content (AvgIpc) is 3.28. The van der Waals surface area contributed by atoms with E-state index >= 15 is 0 Å². The average molecular weight is 414 g/mol. The molecule has 1 aromatic heterocycles. The van der Waals surface area contributed by atoms with Gasteiger partial charge in [-0.1, -0.05) is 18.2 Å². The monoisotopic (exact) mass is 414 g/mol. The molecule has 0 spiro atoms. The van der Waals surface area contributed by atoms with E-state index in [1.807, 2.05) is 4.90 Å². The molecule has 160 valence electrons. The summed E-state index contributed by atoms with van der Waals surface area (Å²) in [6.07, 6.45) is 3.87. The van der Waals surface area contributed by atoms with Crippen molar-refractivity contribution in [1.29, 1.82) is 0 Å². The number of ether oxygens (including phenoxy) is 1. The van der Waals surface area contributed by atoms with Gasteiger partial charge in [0, 0.05) is 38.5 Å². The number of piperidine rings is 1. The predicted octanol–water partition coefficient (Wildman–Crippen LogP) is 2.36. The lowest BCUT2D eigenvalue weighted by Crippen LogP contribution is -2.41. The van der Waals surface area contributed by atoms with Crippen molar-refractivity contribution >= 4 is 11.8 Å². The third kappa shape index (κ3) is 4.53. The fraction of sp³-hybridized carbons (Fsp3) is 0.500. The molecule has 1 aromatic carbocycles. The van der Waals surface area contributed by atoms with Crippen LogP contribution in [-0.2, 0) is 16.0 Å². The molecule has 2 aromatic rings. The molecule has 0 aliphatic carbocycles. The van der Waals surface area contributed by atoms with E-state index in [1.54, 1.807) is 29.3 Å². The molecular weight excluding hydrogens is 387 g/mol. The topological polar surface area (TPSA) is 78.5 Å². The Morgan fingerprint density at radius 2 is 1.83 bits per heavy atom. The van der Waals surface area contributed by atoms with Crippen molar-refractivity contribution in [2.75, 3.05) is 39.4 Å². The molecule has 2 saturated heterocycles. The van der Waals surface area contributed by atoms with Crippen molar-refractivity contribution in [3.63, 3.8) is 0 Å². The molecule has 2 aliphatic heterocycles. The van der Waals surface area contributed by atoms with E-state index in [0.717, 1.165) is 18.5 Å². The Morgan fingerprint density at radius 1 is 1.10 bits per heavy atom. The van der Waals surface area contributed by atoms with Gasteiger partial charge in [0.15, 0.2) is 0 Å². The summed E-state index contributed by atoms with van der Waals surface area (Å²) < 4.78 is 19.1. The lowest BCUT2D eigenvalue weighted by Gasteiger charge is -2.32. The first-order valence-corrected chi connectivity index (χ1v) is 10.5. The Kier molecular flexibility index (Phi) is 6.42. The second-order valence-electron chi connectivity index (χ2n) is 7.85. The van der Waals surface area contributed by atoms with E-state index in [-0.39, 0.29) is 23.5 Å². The second kappa shape index (κ2) is 9.38. The maximum atomic E-state index is 13.8. The summed E-state index contributed by atoms with van der Waals surface area (Å²) in [6.45, 7) is 3.57. The number of aryl methyl sites for hydroxylation is 1. The summed E-state index contributed by atoms with van der Waals surface area (Å²) in [6, 6.07) is 6.58. The van der Waals surface area contributed by atoms with Crippen LogP contribution in [0, 0.1) is 5.82 Å². The molecule has 4 rings (SSSR count). The third-order valence-corrected chi connectivity index (χ3v) is 6.02. The van der Waals surface area contributed by atoms with Crippen LogP contribution in [-0.4, -0.2) is 71.2 Å². The second-order valence-corrected chi connectivity index (χ2v) is 7.85. The van der Waals surface area contributed by atoms with Gasteiger partial charge >= 0.3 is 0 Å². The maximum Gasteiger partial charge on any atom is 0.257 e. The number of hydrogen-bond acceptors (Lipinski definition) is 4. The number of carbonyl (C=O) groups is 2. The predicted molar refractivity (Wildman–Crippen MR) is 109 cm³/mol. The van der Waals surface area contributed by atoms with Crippen LogP contribution in [0.2, 0.25) is 0 Å². The minimum absolute atomic E-state index is 0.00885. The van der Waals surface area contributed by atoms with E-state index in [9.17, 15) is 14.0 Å². The van der Waals surface area contributed by atoms with Gasteiger partial charge < -0.3 is 14.5 Å². The smallest absolute Gasteiger partial charge is 0.257 e. The van der Waals surface area contributed by atoms with E-state index in [0.29, 0.717) is 63.4 Å². The largest absolute Gasteiger partial charge is 0.378 e. The molecule has 1 N–H and O–H groups in total. The zero-order valence-corrected chi connectivity index (χ0v) is 17.0. The van der Waals surface area contributed by atoms with Crippen LogP contribution in [0.5, 0.6) is 0 Å². The van der Waals surface area contributed by atoms with Crippen LogP contribution in [0.3, 0.4) is 0 Å². The minimum Gasteiger partial charge on any atom is -0.378 e. The van der Waals surface area contributed by atoms with Crippen LogP contribution in [0.25, 0.3) is 0 Å². The number of carbonyl (C=O) groups excluding carboxylic acids is 2. The zero-order valence-electron chi connectivity index (χ0n) is 17.0. The quantitative estimate of drug-likeness (QED) is 0.815. The van der Waals surface area contributed by atoms with Gasteiger partial charge in [-0.05, 0) is 30.9 Å². The number of aromatic nitrogens is 2. The summed E-state index contributed by atoms with van der Waals surface area (Å²) in [5.74, 6) is -0.0554. The number of amides is 2. The van der Waals surface area contributed by atoms with Crippen LogP contribution < -0.4 is 0 Å². The van der Waals surface area contributed by atoms with Crippen LogP contribution >= 0.6 is 0 Å². The van der Waals surface area contributed by atoms with Crippen molar-refractivity contribution < 1.29 is 18.7 Å². The number of H-pyrrole nitrogens is 1. The number of hydrogen-bond donors (Lipinski definition) is 1. The normalized spacial score (nSPS) is 17.9. The van der Waals surface area contributed by atoms with Crippen molar-refractivity contribution in [2.45, 2.75) is 31.6 Å². The van der Waals surface area contributed by atoms with Gasteiger partial charge in [-0.3, -0.25) is 14.7 Å². The van der Waals surface area contributed by atoms with Gasteiger partial charge in [-0.25, -0.2) is 4.39 Å². The number of aromatic amines is 1. The van der Waals surface area contributed by atoms with Crippen LogP contribution in [0.4, 0.5) is 4.39 Å². The molecule has 0 radical (unpaired) electrons. The Morgan fingerprint density at radius 3 is 2.57 bits per heavy atom. The summed E-state index contributed by atoms with van der Waals surface area (Å²) in [7, 11) is 0. The Hall–Kier alpha value is -2.74. The number of morpholine rings is 1. The van der Waals surface area contributed by atoms with E-state index in [1.165, 1.54) is 6.07 Å². The van der Waals surface area contributed by atoms with Gasteiger partial charge in [-0.2, -0.15) is 5.10 Å². The highest BCUT2D eigenvalue weighted by Crippen LogP contribution is 2.30. The number of nitrogens with one attached hydrogen (secondary N) is 1. The lowest BCUT2D eigenvalue weighted by atomic mass is 9.90. The first kappa shape index (κ1) is 20.5. The number of likely N-dealkylation sites (tertiary alicyclic amines) is 1. The van der Waals surface area contributed by atoms with Crippen LogP contribution in [0.1, 0.15) is 46.8 Å². The van der Waals surface area contributed by atoms with Crippen molar-refractivity contribution in [1.82, 2.24) is 20.0 Å². The SMILES string of the molecule is O=C(CCc1ccccc1F)N1CCC(c2[nH]ncc2C(=O)N2CCOCC2)CC1. The fourth-order valence-corrected chi connectivity index (χ4v) is 4.23. The van der Waals surface area contributed by atoms with Gasteiger partial charge in [0.1, 0.15) is 5.82 Å². The molecule has 0 saturated carbocycles. The Bertz CT molecular complexity index is 886. The summed E-state index contributed by atoms with van der Waals surface area (Å²) in [4.78, 5) is 29.1. The maximum absolute atomic E-state index is 13.8. The fourth-order valence-electron chi connectivity index (χ4n) is 4.23. The molecule has 30 heavy (non-hydrogen) atoms. The molecule has 0 atom stereocenters. The first-order chi connectivity index (χ1) is 14.6. The highest BCUT2D eigenvalue weighted by atomic mass is 19.1. The van der Waals surface area contributed by atoms with Gasteiger partial charge in [-0.15, -0.1) is 0 Å². The third-order valence-electron chi connectivity index (χ3n) is 6.02. The number of rotatable bonds is 5. The van der Waals surface area contributed by atoms with E-state index in [4.69, 9.17) is 4.74 Å². The standard InChI is InChI=1S/C22H27FN4O3/c23-19-4-2-1-3-16(19)5-6-20(28)26-9-7-17(8-10-26)21-18(15-24-25-21)22(29)27-11-13-30-14-12-27/h1-4,15,17H,5-14H2,(H,24,25). The highest BCUT2D eigenvalue weighted by Gasteiger charge is 2.30. The van der Waals surface area contributed by atoms with Crippen molar-refractivity contribution in [3.8, 4) is 0 Å². The number of halogens is 1. The van der Waals surface area contributed by atoms with Gasteiger partial charge in [0.05, 0.1) is 30.7 Å². The molecule has 8 heteroatoms. The van der Waals surface area contributed by atoms with Gasteiger partial charge in [0.2, 0.25) is 5.91 Å². The number of benzene rings is 1. The molecular formula is C22H27FN4O3. The van der Waals surface area contributed by atoms with E-state index in [2.05, 4.69) is 10.2 Å². The molecule has 2 amide bonds. The molecule has 0 unspecified atom stereocenters. The lowest BCUT2D eigenvalue weighted by molar-refractivity contribution is -0.132. The molecule has 3 heterocycles. The Balaban J connectivity index is 1.31. The minimum atomic E-state index is -0.263. The summed E-state index contributed by atoms with van der Waals surface area (Å²) in [5.41, 5.74) is 2.07. The number of nitrogens with zero attached hydrogens (tertiary/aromatic N) is 3. The van der Waals surface area contributed by atoms with E-state index < -0.39 is 0 Å². The Labute approximate surface area is 175 Å². The molecule has 2 aliphatic rings. The molecule has 2 fully saturated rings. The first-order valence-electron chi connectivity index (χ1n) is 10.5. The van der Waals surface area contributed by atoms with Crippen molar-refractivity contribution in [3.05, 3.63) is 53.1 Å². The van der Waals surface area contributed by atoms with Crippen molar-refractivity contribution in [2.24, 2.45) is 0 Å². The molecule has 0 bridgehead atoms. The van der Waals surface area contributed by atoms with Crippen LogP contribution in [0.15, 0.2) is 30.5 Å².